The van der Waals surface area contributed by atoms with E-state index in [1.807, 2.05) is 6.07 Å². The van der Waals surface area contributed by atoms with Crippen molar-refractivity contribution in [2.24, 2.45) is 0 Å². The van der Waals surface area contributed by atoms with E-state index in [0.29, 0.717) is 22.0 Å². The first-order chi connectivity index (χ1) is 6.81. The summed E-state index contributed by atoms with van der Waals surface area (Å²) in [6, 6.07) is 7.10. The fraction of sp³-hybridized carbons (Fsp3) is 0. The van der Waals surface area contributed by atoms with E-state index in [4.69, 9.17) is 21.3 Å². The highest BCUT2D eigenvalue weighted by atomic mass is 35.5. The van der Waals surface area contributed by atoms with Crippen LogP contribution in [-0.4, -0.2) is 4.98 Å². The van der Waals surface area contributed by atoms with Crippen LogP contribution in [-0.2, 0) is 0 Å². The molecule has 0 aliphatic rings. The number of pyridine rings is 1. The van der Waals surface area contributed by atoms with Crippen LogP contribution in [0.4, 0.5) is 0 Å². The quantitative estimate of drug-likeness (QED) is 0.718. The Balaban J connectivity index is 2.49. The van der Waals surface area contributed by atoms with Gasteiger partial charge in [-0.15, -0.1) is 0 Å². The number of nitriles is 1. The first kappa shape index (κ1) is 8.79. The van der Waals surface area contributed by atoms with Crippen molar-refractivity contribution in [1.29, 1.82) is 5.26 Å². The second-order valence-electron chi connectivity index (χ2n) is 2.64. The molecule has 0 aliphatic heterocycles. The molecule has 14 heavy (non-hydrogen) atoms. The van der Waals surface area contributed by atoms with Crippen molar-refractivity contribution in [1.82, 2.24) is 4.98 Å². The van der Waals surface area contributed by atoms with Crippen molar-refractivity contribution in [3.8, 4) is 17.5 Å². The van der Waals surface area contributed by atoms with Crippen molar-refractivity contribution in [3.05, 3.63) is 41.2 Å². The van der Waals surface area contributed by atoms with Crippen molar-refractivity contribution in [2.45, 2.75) is 0 Å². The lowest BCUT2D eigenvalue weighted by atomic mass is 10.2. The minimum absolute atomic E-state index is 0.363. The third kappa shape index (κ3) is 1.48. The molecule has 68 valence electrons. The average molecular weight is 205 g/mol. The van der Waals surface area contributed by atoms with E-state index < -0.39 is 0 Å². The monoisotopic (exact) mass is 204 g/mol. The van der Waals surface area contributed by atoms with Crippen LogP contribution in [0.2, 0.25) is 5.02 Å². The van der Waals surface area contributed by atoms with Gasteiger partial charge in [0.2, 0.25) is 0 Å². The summed E-state index contributed by atoms with van der Waals surface area (Å²) in [5, 5.41) is 9.03. The number of aromatic nitrogens is 1. The van der Waals surface area contributed by atoms with E-state index in [-0.39, 0.29) is 0 Å². The smallest absolute Gasteiger partial charge is 0.152 e. The molecule has 0 amide bonds. The predicted molar refractivity (Wildman–Crippen MR) is 51.7 cm³/mol. The highest BCUT2D eigenvalue weighted by Crippen LogP contribution is 2.22. The Morgan fingerprint density at radius 1 is 1.50 bits per heavy atom. The molecule has 0 unspecified atom stereocenters. The maximum atomic E-state index is 8.64. The standard InChI is InChI=1S/C10H5ClN2O/c11-8-4-9(10-2-1-3-14-10)13-6-7(8)5-12/h1-4,6H. The van der Waals surface area contributed by atoms with Gasteiger partial charge in [0, 0.05) is 6.20 Å². The molecule has 0 saturated carbocycles. The van der Waals surface area contributed by atoms with Gasteiger partial charge in [0.1, 0.15) is 11.8 Å². The van der Waals surface area contributed by atoms with Crippen LogP contribution in [0.15, 0.2) is 35.1 Å². The predicted octanol–water partition coefficient (Wildman–Crippen LogP) is 2.87. The van der Waals surface area contributed by atoms with E-state index >= 15 is 0 Å². The van der Waals surface area contributed by atoms with Gasteiger partial charge in [-0.3, -0.25) is 4.98 Å². The van der Waals surface area contributed by atoms with Gasteiger partial charge in [-0.05, 0) is 18.2 Å². The molecule has 0 aliphatic carbocycles. The van der Waals surface area contributed by atoms with Crippen molar-refractivity contribution < 1.29 is 4.42 Å². The second-order valence-corrected chi connectivity index (χ2v) is 3.05. The summed E-state index contributed by atoms with van der Waals surface area (Å²) in [5.41, 5.74) is 0.987. The Labute approximate surface area is 85.6 Å². The van der Waals surface area contributed by atoms with Crippen LogP contribution in [0.3, 0.4) is 0 Å². The summed E-state index contributed by atoms with van der Waals surface area (Å²) in [7, 11) is 0. The number of hydrogen-bond donors (Lipinski definition) is 0. The molecule has 0 N–H and O–H groups in total. The second kappa shape index (κ2) is 3.52. The third-order valence-corrected chi connectivity index (χ3v) is 2.06. The van der Waals surface area contributed by atoms with Crippen LogP contribution >= 0.6 is 11.6 Å². The largest absolute Gasteiger partial charge is 0.463 e. The zero-order chi connectivity index (χ0) is 9.97. The Hall–Kier alpha value is -1.79. The number of hydrogen-bond acceptors (Lipinski definition) is 3. The molecule has 0 aromatic carbocycles. The van der Waals surface area contributed by atoms with Crippen molar-refractivity contribution >= 4 is 11.6 Å². The highest BCUT2D eigenvalue weighted by molar-refractivity contribution is 6.31. The highest BCUT2D eigenvalue weighted by Gasteiger charge is 2.05. The molecule has 0 atom stereocenters. The lowest BCUT2D eigenvalue weighted by Crippen LogP contribution is -1.84. The number of nitrogens with zero attached hydrogens (tertiary/aromatic N) is 2. The van der Waals surface area contributed by atoms with Crippen LogP contribution in [0, 0.1) is 11.3 Å². The molecular formula is C10H5ClN2O. The summed E-state index contributed by atoms with van der Waals surface area (Å²) < 4.78 is 5.14. The van der Waals surface area contributed by atoms with E-state index in [2.05, 4.69) is 4.98 Å². The minimum atomic E-state index is 0.363. The van der Waals surface area contributed by atoms with Gasteiger partial charge in [-0.25, -0.2) is 0 Å². The summed E-state index contributed by atoms with van der Waals surface area (Å²) in [6.07, 6.45) is 2.99. The summed E-state index contributed by atoms with van der Waals surface area (Å²) >= 11 is 5.84. The Bertz CT molecular complexity index is 485. The van der Waals surface area contributed by atoms with Gasteiger partial charge in [-0.1, -0.05) is 11.6 Å². The molecule has 2 aromatic heterocycles. The van der Waals surface area contributed by atoms with Gasteiger partial charge in [0.25, 0.3) is 0 Å². The fourth-order valence-corrected chi connectivity index (χ4v) is 1.27. The van der Waals surface area contributed by atoms with Gasteiger partial charge >= 0.3 is 0 Å². The van der Waals surface area contributed by atoms with Crippen LogP contribution in [0.5, 0.6) is 0 Å². The molecule has 2 rings (SSSR count). The Morgan fingerprint density at radius 2 is 2.36 bits per heavy atom. The van der Waals surface area contributed by atoms with Gasteiger partial charge < -0.3 is 4.42 Å². The lowest BCUT2D eigenvalue weighted by molar-refractivity contribution is 0.580. The topological polar surface area (TPSA) is 49.8 Å². The molecule has 2 aromatic rings. The average Bonchev–Trinajstić information content (AvgIpc) is 2.70. The molecule has 0 spiro atoms. The third-order valence-electron chi connectivity index (χ3n) is 1.75. The summed E-state index contributed by atoms with van der Waals surface area (Å²) in [4.78, 5) is 4.05. The first-order valence-electron chi connectivity index (χ1n) is 3.91. The lowest BCUT2D eigenvalue weighted by Gasteiger charge is -1.97. The Kier molecular flexibility index (Phi) is 2.21. The van der Waals surface area contributed by atoms with E-state index in [0.717, 1.165) is 0 Å². The minimum Gasteiger partial charge on any atom is -0.463 e. The molecule has 2 heterocycles. The zero-order valence-electron chi connectivity index (χ0n) is 7.07. The number of halogens is 1. The van der Waals surface area contributed by atoms with E-state index in [1.54, 1.807) is 24.5 Å². The molecule has 0 saturated heterocycles. The molecule has 3 nitrogen and oxygen atoms in total. The molecule has 0 bridgehead atoms. The van der Waals surface area contributed by atoms with Crippen molar-refractivity contribution in [3.63, 3.8) is 0 Å². The molecule has 4 heteroatoms. The molecule has 0 radical (unpaired) electrons. The molecule has 0 fully saturated rings. The number of furan rings is 1. The van der Waals surface area contributed by atoms with Crippen LogP contribution < -0.4 is 0 Å². The molecular weight excluding hydrogens is 200 g/mol. The first-order valence-corrected chi connectivity index (χ1v) is 4.28. The SMILES string of the molecule is N#Cc1cnc(-c2ccco2)cc1Cl. The van der Waals surface area contributed by atoms with Crippen molar-refractivity contribution in [2.75, 3.05) is 0 Å². The van der Waals surface area contributed by atoms with Gasteiger partial charge in [0.05, 0.1) is 16.8 Å². The van der Waals surface area contributed by atoms with Crippen LogP contribution in [0.1, 0.15) is 5.56 Å². The summed E-state index contributed by atoms with van der Waals surface area (Å²) in [6.45, 7) is 0. The van der Waals surface area contributed by atoms with E-state index in [9.17, 15) is 0 Å². The fourth-order valence-electron chi connectivity index (χ4n) is 1.07. The Morgan fingerprint density at radius 3 is 2.93 bits per heavy atom. The summed E-state index contributed by atoms with van der Waals surface area (Å²) in [5.74, 6) is 0.636. The van der Waals surface area contributed by atoms with Crippen LogP contribution in [0.25, 0.3) is 11.5 Å². The van der Waals surface area contributed by atoms with Gasteiger partial charge in [-0.2, -0.15) is 5.26 Å². The normalized spacial score (nSPS) is 9.71. The van der Waals surface area contributed by atoms with E-state index in [1.165, 1.54) is 6.20 Å². The maximum Gasteiger partial charge on any atom is 0.152 e. The van der Waals surface area contributed by atoms with Gasteiger partial charge in [0.15, 0.2) is 5.76 Å². The maximum absolute atomic E-state index is 8.64. The number of rotatable bonds is 1. The zero-order valence-corrected chi connectivity index (χ0v) is 7.82.